The molecule has 3 nitrogen and oxygen atoms in total. The summed E-state index contributed by atoms with van der Waals surface area (Å²) in [5.74, 6) is -0.0442. The average Bonchev–Trinajstić information content (AvgIpc) is 3.18. The highest BCUT2D eigenvalue weighted by atomic mass is 35.5. The Morgan fingerprint density at radius 3 is 2.62 bits per heavy atom. The Morgan fingerprint density at radius 2 is 1.83 bits per heavy atom. The van der Waals surface area contributed by atoms with Gasteiger partial charge in [0.1, 0.15) is 0 Å². The fourth-order valence-corrected chi connectivity index (χ4v) is 4.60. The average molecular weight is 421 g/mol. The first-order chi connectivity index (χ1) is 13.9. The lowest BCUT2D eigenvalue weighted by Gasteiger charge is -2.19. The molecule has 0 fully saturated rings. The van der Waals surface area contributed by atoms with Crippen LogP contribution in [0.5, 0.6) is 0 Å². The fraction of sp³-hybridized carbons (Fsp3) is 0.125. The van der Waals surface area contributed by atoms with Gasteiger partial charge in [0.2, 0.25) is 0 Å². The van der Waals surface area contributed by atoms with Gasteiger partial charge in [-0.2, -0.15) is 0 Å². The van der Waals surface area contributed by atoms with Gasteiger partial charge in [0.05, 0.1) is 16.2 Å². The quantitative estimate of drug-likeness (QED) is 0.284. The van der Waals surface area contributed by atoms with Crippen molar-refractivity contribution in [2.45, 2.75) is 18.7 Å². The Labute approximate surface area is 179 Å². The van der Waals surface area contributed by atoms with Crippen LogP contribution in [0.3, 0.4) is 0 Å². The van der Waals surface area contributed by atoms with E-state index in [-0.39, 0.29) is 5.78 Å². The molecule has 0 bridgehead atoms. The van der Waals surface area contributed by atoms with Crippen molar-refractivity contribution in [3.8, 4) is 0 Å². The molecule has 1 aromatic heterocycles. The number of fused-ring (bicyclic) bond motifs is 1. The second-order valence-corrected chi connectivity index (χ2v) is 8.71. The highest BCUT2D eigenvalue weighted by molar-refractivity contribution is 8.00. The standard InChI is InChI=1S/C24H21ClN2OS/c1-15-7-8-16(2)20(13-15)24(28)19-10-9-18(14-21(19)25)29-27(3)22-6-4-5-17-11-12-26-23(17)22/h4-14,26H,1-3H3. The molecule has 0 aliphatic carbocycles. The van der Waals surface area contributed by atoms with E-state index < -0.39 is 0 Å². The van der Waals surface area contributed by atoms with E-state index in [1.165, 1.54) is 5.39 Å². The van der Waals surface area contributed by atoms with Crippen LogP contribution >= 0.6 is 23.5 Å². The molecule has 4 aromatic rings. The summed E-state index contributed by atoms with van der Waals surface area (Å²) in [6.45, 7) is 3.93. The number of anilines is 1. The highest BCUT2D eigenvalue weighted by Crippen LogP contribution is 2.34. The predicted molar refractivity (Wildman–Crippen MR) is 123 cm³/mol. The summed E-state index contributed by atoms with van der Waals surface area (Å²) in [4.78, 5) is 17.3. The number of rotatable bonds is 5. The van der Waals surface area contributed by atoms with Gasteiger partial charge in [-0.1, -0.05) is 41.4 Å². The van der Waals surface area contributed by atoms with Gasteiger partial charge in [0.15, 0.2) is 5.78 Å². The number of aryl methyl sites for hydroxylation is 2. The molecule has 0 spiro atoms. The zero-order valence-corrected chi connectivity index (χ0v) is 18.1. The molecule has 1 N–H and O–H groups in total. The molecule has 0 saturated carbocycles. The van der Waals surface area contributed by atoms with Gasteiger partial charge in [0, 0.05) is 34.7 Å². The molecular weight excluding hydrogens is 400 g/mol. The monoisotopic (exact) mass is 420 g/mol. The maximum Gasteiger partial charge on any atom is 0.194 e. The van der Waals surface area contributed by atoms with Crippen molar-refractivity contribution in [3.05, 3.63) is 94.1 Å². The molecule has 146 valence electrons. The van der Waals surface area contributed by atoms with Crippen LogP contribution < -0.4 is 4.31 Å². The number of carbonyl (C=O) groups excluding carboxylic acids is 1. The Morgan fingerprint density at radius 1 is 1.00 bits per heavy atom. The van der Waals surface area contributed by atoms with E-state index in [0.29, 0.717) is 16.1 Å². The van der Waals surface area contributed by atoms with E-state index in [1.54, 1.807) is 11.9 Å². The van der Waals surface area contributed by atoms with Crippen LogP contribution in [0.2, 0.25) is 5.02 Å². The maximum atomic E-state index is 13.0. The van der Waals surface area contributed by atoms with Crippen molar-refractivity contribution in [1.29, 1.82) is 0 Å². The number of H-pyrrole nitrogens is 1. The second kappa shape index (κ2) is 7.97. The largest absolute Gasteiger partial charge is 0.359 e. The molecular formula is C24H21ClN2OS. The number of hydrogen-bond acceptors (Lipinski definition) is 3. The van der Waals surface area contributed by atoms with E-state index in [0.717, 1.165) is 27.2 Å². The Balaban J connectivity index is 1.59. The number of carbonyl (C=O) groups is 1. The van der Waals surface area contributed by atoms with Crippen LogP contribution in [0.25, 0.3) is 10.9 Å². The van der Waals surface area contributed by atoms with E-state index in [4.69, 9.17) is 11.6 Å². The summed E-state index contributed by atoms with van der Waals surface area (Å²) in [5.41, 5.74) is 5.41. The maximum absolute atomic E-state index is 13.0. The minimum Gasteiger partial charge on any atom is -0.359 e. The molecule has 29 heavy (non-hydrogen) atoms. The molecule has 0 unspecified atom stereocenters. The predicted octanol–water partition coefficient (Wildman–Crippen LogP) is 6.81. The summed E-state index contributed by atoms with van der Waals surface area (Å²) in [5, 5.41) is 1.63. The van der Waals surface area contributed by atoms with Crippen molar-refractivity contribution in [1.82, 2.24) is 4.98 Å². The number of aromatic amines is 1. The second-order valence-electron chi connectivity index (χ2n) is 7.10. The Kier molecular flexibility index (Phi) is 5.39. The van der Waals surface area contributed by atoms with Gasteiger partial charge in [-0.3, -0.25) is 4.79 Å². The molecule has 0 saturated heterocycles. The number of hydrogen-bond donors (Lipinski definition) is 1. The molecule has 0 atom stereocenters. The Bertz CT molecular complexity index is 1210. The number of benzene rings is 3. The van der Waals surface area contributed by atoms with Crippen molar-refractivity contribution in [3.63, 3.8) is 0 Å². The van der Waals surface area contributed by atoms with Gasteiger partial charge < -0.3 is 9.29 Å². The smallest absolute Gasteiger partial charge is 0.194 e. The zero-order valence-electron chi connectivity index (χ0n) is 16.5. The van der Waals surface area contributed by atoms with E-state index in [2.05, 4.69) is 27.5 Å². The third-order valence-electron chi connectivity index (χ3n) is 4.97. The first-order valence-electron chi connectivity index (χ1n) is 9.33. The lowest BCUT2D eigenvalue weighted by atomic mass is 9.97. The topological polar surface area (TPSA) is 36.1 Å². The van der Waals surface area contributed by atoms with Gasteiger partial charge >= 0.3 is 0 Å². The molecule has 0 aliphatic heterocycles. The molecule has 0 amide bonds. The highest BCUT2D eigenvalue weighted by Gasteiger charge is 2.17. The lowest BCUT2D eigenvalue weighted by molar-refractivity contribution is 0.103. The number of para-hydroxylation sites is 1. The van der Waals surface area contributed by atoms with Crippen LogP contribution in [0, 0.1) is 13.8 Å². The molecule has 1 heterocycles. The van der Waals surface area contributed by atoms with Crippen molar-refractivity contribution >= 4 is 45.9 Å². The van der Waals surface area contributed by atoms with E-state index in [9.17, 15) is 4.79 Å². The van der Waals surface area contributed by atoms with Crippen molar-refractivity contribution < 1.29 is 4.79 Å². The molecule has 5 heteroatoms. The van der Waals surface area contributed by atoms with Gasteiger partial charge in [-0.15, -0.1) is 0 Å². The fourth-order valence-electron chi connectivity index (χ4n) is 3.40. The normalized spacial score (nSPS) is 11.0. The molecule has 0 aliphatic rings. The van der Waals surface area contributed by atoms with Gasteiger partial charge in [-0.25, -0.2) is 0 Å². The summed E-state index contributed by atoms with van der Waals surface area (Å²) >= 11 is 8.08. The number of ketones is 1. The van der Waals surface area contributed by atoms with Crippen LogP contribution in [0.4, 0.5) is 5.69 Å². The third kappa shape index (κ3) is 3.91. The first-order valence-corrected chi connectivity index (χ1v) is 10.5. The summed E-state index contributed by atoms with van der Waals surface area (Å²) in [7, 11) is 2.02. The molecule has 4 rings (SSSR count). The number of nitrogens with one attached hydrogen (secondary N) is 1. The van der Waals surface area contributed by atoms with Gasteiger partial charge in [-0.05, 0) is 67.8 Å². The van der Waals surface area contributed by atoms with Crippen molar-refractivity contribution in [2.75, 3.05) is 11.4 Å². The minimum atomic E-state index is -0.0442. The first kappa shape index (κ1) is 19.6. The van der Waals surface area contributed by atoms with Crippen molar-refractivity contribution in [2.24, 2.45) is 0 Å². The third-order valence-corrected chi connectivity index (χ3v) is 6.22. The number of aromatic nitrogens is 1. The number of nitrogens with zero attached hydrogens (tertiary/aromatic N) is 1. The summed E-state index contributed by atoms with van der Waals surface area (Å²) < 4.78 is 2.09. The molecule has 3 aromatic carbocycles. The van der Waals surface area contributed by atoms with Gasteiger partial charge in [0.25, 0.3) is 0 Å². The summed E-state index contributed by atoms with van der Waals surface area (Å²) in [6.07, 6.45) is 1.94. The van der Waals surface area contributed by atoms with Crippen LogP contribution in [0.15, 0.2) is 71.8 Å². The van der Waals surface area contributed by atoms with Crippen LogP contribution in [-0.4, -0.2) is 17.8 Å². The van der Waals surface area contributed by atoms with E-state index in [1.807, 2.05) is 69.6 Å². The van der Waals surface area contributed by atoms with E-state index >= 15 is 0 Å². The SMILES string of the molecule is Cc1ccc(C)c(C(=O)c2ccc(SN(C)c3cccc4cc[nH]c34)cc2Cl)c1. The summed E-state index contributed by atoms with van der Waals surface area (Å²) in [6, 6.07) is 19.8. The number of halogens is 1. The van der Waals surface area contributed by atoms with Crippen LogP contribution in [0.1, 0.15) is 27.0 Å². The Hall–Kier alpha value is -2.69. The zero-order chi connectivity index (χ0) is 20.5. The minimum absolute atomic E-state index is 0.0442. The molecule has 0 radical (unpaired) electrons. The lowest BCUT2D eigenvalue weighted by Crippen LogP contribution is -2.08. The van der Waals surface area contributed by atoms with Crippen LogP contribution in [-0.2, 0) is 0 Å².